The van der Waals surface area contributed by atoms with Crippen LogP contribution in [0.15, 0.2) is 18.6 Å². The van der Waals surface area contributed by atoms with E-state index >= 15 is 0 Å². The van der Waals surface area contributed by atoms with Crippen LogP contribution in [0.25, 0.3) is 0 Å². The number of nitrogens with zero attached hydrogens (tertiary/aromatic N) is 2. The minimum Gasteiger partial charge on any atom is -0.348 e. The van der Waals surface area contributed by atoms with Crippen LogP contribution >= 0.6 is 0 Å². The third kappa shape index (κ3) is 2.54. The van der Waals surface area contributed by atoms with E-state index in [4.69, 9.17) is 0 Å². The number of hydrogen-bond acceptors (Lipinski definition) is 5. The predicted molar refractivity (Wildman–Crippen MR) is 54.8 cm³/mol. The minimum atomic E-state index is -0.747. The van der Waals surface area contributed by atoms with Gasteiger partial charge >= 0.3 is 6.03 Å². The van der Waals surface area contributed by atoms with E-state index in [1.807, 2.05) is 0 Å². The first-order chi connectivity index (χ1) is 8.16. The number of nitrogens with one attached hydrogen (secondary N) is 3. The SMILES string of the molecule is O=C1NC(=O)C(CNC(=O)c2cnccn2)N1. The fraction of sp³-hybridized carbons (Fsp3) is 0.222. The van der Waals surface area contributed by atoms with Crippen LogP contribution < -0.4 is 16.0 Å². The van der Waals surface area contributed by atoms with Crippen LogP contribution in [0.1, 0.15) is 10.5 Å². The van der Waals surface area contributed by atoms with Gasteiger partial charge in [-0.05, 0) is 0 Å². The first-order valence-corrected chi connectivity index (χ1v) is 4.82. The van der Waals surface area contributed by atoms with Gasteiger partial charge in [0, 0.05) is 18.9 Å². The molecule has 2 rings (SSSR count). The number of hydrogen-bond donors (Lipinski definition) is 3. The Kier molecular flexibility index (Phi) is 2.95. The maximum absolute atomic E-state index is 11.5. The van der Waals surface area contributed by atoms with Crippen molar-refractivity contribution in [2.24, 2.45) is 0 Å². The summed E-state index contributed by atoms with van der Waals surface area (Å²) in [6, 6.07) is -1.31. The molecule has 0 bridgehead atoms. The molecule has 1 fully saturated rings. The Balaban J connectivity index is 1.89. The number of rotatable bonds is 3. The summed E-state index contributed by atoms with van der Waals surface area (Å²) in [5, 5.41) is 6.90. The Bertz CT molecular complexity index is 461. The van der Waals surface area contributed by atoms with Crippen molar-refractivity contribution in [2.75, 3.05) is 6.54 Å². The van der Waals surface area contributed by atoms with Gasteiger partial charge in [-0.1, -0.05) is 0 Å². The van der Waals surface area contributed by atoms with Gasteiger partial charge in [-0.3, -0.25) is 19.9 Å². The lowest BCUT2D eigenvalue weighted by Gasteiger charge is -2.08. The molecule has 1 aromatic rings. The summed E-state index contributed by atoms with van der Waals surface area (Å²) in [6.07, 6.45) is 4.14. The van der Waals surface area contributed by atoms with E-state index < -0.39 is 23.9 Å². The van der Waals surface area contributed by atoms with E-state index in [0.717, 1.165) is 0 Å². The number of amides is 4. The second-order valence-corrected chi connectivity index (χ2v) is 3.32. The topological polar surface area (TPSA) is 113 Å². The summed E-state index contributed by atoms with van der Waals surface area (Å²) < 4.78 is 0. The van der Waals surface area contributed by atoms with Gasteiger partial charge in [-0.2, -0.15) is 0 Å². The predicted octanol–water partition coefficient (Wildman–Crippen LogP) is -1.59. The van der Waals surface area contributed by atoms with Crippen LogP contribution in [0.5, 0.6) is 0 Å². The van der Waals surface area contributed by atoms with Crippen LogP contribution in [-0.2, 0) is 4.79 Å². The number of aromatic nitrogens is 2. The second-order valence-electron chi connectivity index (χ2n) is 3.32. The van der Waals surface area contributed by atoms with Crippen molar-refractivity contribution in [3.8, 4) is 0 Å². The van der Waals surface area contributed by atoms with E-state index in [2.05, 4.69) is 25.9 Å². The molecule has 0 aromatic carbocycles. The van der Waals surface area contributed by atoms with Gasteiger partial charge in [0.1, 0.15) is 11.7 Å². The second kappa shape index (κ2) is 4.56. The molecule has 8 heteroatoms. The van der Waals surface area contributed by atoms with Crippen LogP contribution in [0.2, 0.25) is 0 Å². The third-order valence-electron chi connectivity index (χ3n) is 2.12. The number of carbonyl (C=O) groups excluding carboxylic acids is 3. The molecule has 1 aromatic heterocycles. The molecule has 0 aliphatic carbocycles. The van der Waals surface area contributed by atoms with Crippen molar-refractivity contribution in [3.63, 3.8) is 0 Å². The van der Waals surface area contributed by atoms with E-state index in [1.165, 1.54) is 18.6 Å². The van der Waals surface area contributed by atoms with Gasteiger partial charge in [-0.25, -0.2) is 9.78 Å². The first kappa shape index (κ1) is 11.0. The molecule has 2 heterocycles. The van der Waals surface area contributed by atoms with Gasteiger partial charge < -0.3 is 10.6 Å². The molecule has 1 aliphatic heterocycles. The molecule has 1 atom stereocenters. The lowest BCUT2D eigenvalue weighted by Crippen LogP contribution is -2.41. The minimum absolute atomic E-state index is 0.00693. The zero-order valence-corrected chi connectivity index (χ0v) is 8.64. The van der Waals surface area contributed by atoms with E-state index in [0.29, 0.717) is 0 Å². The van der Waals surface area contributed by atoms with Crippen molar-refractivity contribution in [1.82, 2.24) is 25.9 Å². The number of urea groups is 1. The molecule has 88 valence electrons. The number of imide groups is 1. The first-order valence-electron chi connectivity index (χ1n) is 4.82. The zero-order chi connectivity index (χ0) is 12.3. The Morgan fingerprint density at radius 3 is 2.82 bits per heavy atom. The summed E-state index contributed by atoms with van der Waals surface area (Å²) in [7, 11) is 0. The molecule has 0 radical (unpaired) electrons. The van der Waals surface area contributed by atoms with Gasteiger partial charge in [0.15, 0.2) is 0 Å². The Morgan fingerprint density at radius 1 is 1.41 bits per heavy atom. The summed E-state index contributed by atoms with van der Waals surface area (Å²) in [5.41, 5.74) is 0.150. The molecule has 0 saturated carbocycles. The summed E-state index contributed by atoms with van der Waals surface area (Å²) >= 11 is 0. The highest BCUT2D eigenvalue weighted by molar-refractivity contribution is 6.04. The maximum Gasteiger partial charge on any atom is 0.322 e. The van der Waals surface area contributed by atoms with Crippen LogP contribution in [0.4, 0.5) is 4.79 Å². The third-order valence-corrected chi connectivity index (χ3v) is 2.12. The van der Waals surface area contributed by atoms with E-state index in [-0.39, 0.29) is 12.2 Å². The van der Waals surface area contributed by atoms with Crippen LogP contribution in [0.3, 0.4) is 0 Å². The summed E-state index contributed by atoms with van der Waals surface area (Å²) in [4.78, 5) is 41.0. The van der Waals surface area contributed by atoms with Crippen molar-refractivity contribution in [1.29, 1.82) is 0 Å². The average molecular weight is 235 g/mol. The molecule has 17 heavy (non-hydrogen) atoms. The van der Waals surface area contributed by atoms with Crippen molar-refractivity contribution in [3.05, 3.63) is 24.3 Å². The van der Waals surface area contributed by atoms with Crippen molar-refractivity contribution < 1.29 is 14.4 Å². The molecule has 1 aliphatic rings. The molecule has 1 saturated heterocycles. The summed E-state index contributed by atoms with van der Waals surface area (Å²) in [5.74, 6) is -0.915. The normalized spacial score (nSPS) is 18.5. The smallest absolute Gasteiger partial charge is 0.322 e. The Hall–Kier alpha value is -2.51. The quantitative estimate of drug-likeness (QED) is 0.547. The largest absolute Gasteiger partial charge is 0.348 e. The standard InChI is InChI=1S/C9H9N5O3/c15-7(5-3-10-1-2-11-5)12-4-6-8(16)14-9(17)13-6/h1-3,6H,4H2,(H,12,15)(H2,13,14,16,17). The van der Waals surface area contributed by atoms with Gasteiger partial charge in [0.05, 0.1) is 6.20 Å². The van der Waals surface area contributed by atoms with Gasteiger partial charge in [0.2, 0.25) is 0 Å². The highest BCUT2D eigenvalue weighted by Crippen LogP contribution is 1.93. The summed E-state index contributed by atoms with van der Waals surface area (Å²) in [6.45, 7) is 0.00693. The zero-order valence-electron chi connectivity index (χ0n) is 8.64. The highest BCUT2D eigenvalue weighted by atomic mass is 16.2. The van der Waals surface area contributed by atoms with E-state index in [9.17, 15) is 14.4 Å². The van der Waals surface area contributed by atoms with Crippen molar-refractivity contribution >= 4 is 17.8 Å². The molecule has 1 unspecified atom stereocenters. The maximum atomic E-state index is 11.5. The fourth-order valence-corrected chi connectivity index (χ4v) is 1.30. The lowest BCUT2D eigenvalue weighted by molar-refractivity contribution is -0.120. The number of carbonyl (C=O) groups is 3. The fourth-order valence-electron chi connectivity index (χ4n) is 1.30. The molecule has 3 N–H and O–H groups in total. The van der Waals surface area contributed by atoms with Crippen LogP contribution in [0, 0.1) is 0 Å². The molecular weight excluding hydrogens is 226 g/mol. The Morgan fingerprint density at radius 2 is 2.24 bits per heavy atom. The van der Waals surface area contributed by atoms with Gasteiger partial charge in [-0.15, -0.1) is 0 Å². The highest BCUT2D eigenvalue weighted by Gasteiger charge is 2.29. The van der Waals surface area contributed by atoms with Crippen molar-refractivity contribution in [2.45, 2.75) is 6.04 Å². The van der Waals surface area contributed by atoms with E-state index in [1.54, 1.807) is 0 Å². The van der Waals surface area contributed by atoms with Gasteiger partial charge in [0.25, 0.3) is 11.8 Å². The monoisotopic (exact) mass is 235 g/mol. The Labute approximate surface area is 95.8 Å². The lowest BCUT2D eigenvalue weighted by atomic mass is 10.3. The van der Waals surface area contributed by atoms with Crippen LogP contribution in [-0.4, -0.2) is 40.4 Å². The molecule has 4 amide bonds. The molecule has 8 nitrogen and oxygen atoms in total. The molecular formula is C9H9N5O3. The average Bonchev–Trinajstić information content (AvgIpc) is 2.66. The molecule has 0 spiro atoms.